The normalized spacial score (nSPS) is 11.3. The molecule has 10 heteroatoms. The van der Waals surface area contributed by atoms with Gasteiger partial charge in [0.15, 0.2) is 11.5 Å². The van der Waals surface area contributed by atoms with Crippen LogP contribution >= 0.6 is 0 Å². The molecule has 0 unspecified atom stereocenters. The predicted molar refractivity (Wildman–Crippen MR) is 93.4 cm³/mol. The number of benzene rings is 2. The number of nitrogens with one attached hydrogen (secondary N) is 1. The molecule has 0 aliphatic heterocycles. The molecule has 0 bridgehead atoms. The van der Waals surface area contributed by atoms with Crippen molar-refractivity contribution in [3.8, 4) is 11.5 Å². The van der Waals surface area contributed by atoms with Gasteiger partial charge in [-0.3, -0.25) is 4.79 Å². The first-order valence-corrected chi connectivity index (χ1v) is 7.86. The second kappa shape index (κ2) is 8.32. The van der Waals surface area contributed by atoms with E-state index in [1.165, 1.54) is 30.2 Å². The maximum atomic E-state index is 13.4. The summed E-state index contributed by atoms with van der Waals surface area (Å²) in [4.78, 5) is 14.0. The van der Waals surface area contributed by atoms with Crippen LogP contribution in [-0.4, -0.2) is 33.7 Å². The maximum absolute atomic E-state index is 13.4. The Labute approximate surface area is 157 Å². The fraction of sp³-hybridized carbons (Fsp3) is 0.278. The Morgan fingerprint density at radius 1 is 1.14 bits per heavy atom. The van der Waals surface area contributed by atoms with E-state index in [0.717, 1.165) is 18.2 Å². The Kier molecular flexibility index (Phi) is 6.32. The number of para-hydroxylation sites is 1. The van der Waals surface area contributed by atoms with Crippen LogP contribution in [0.25, 0.3) is 0 Å². The number of halogens is 5. The summed E-state index contributed by atoms with van der Waals surface area (Å²) in [7, 11) is 4.31. The SMILES string of the molecule is COc1cccc(C(=O)Nc2ccc(N(C)C)cc2C(F)(F)F)c1OC(F)F. The van der Waals surface area contributed by atoms with E-state index in [1.807, 2.05) is 0 Å². The number of hydrogen-bond acceptors (Lipinski definition) is 4. The molecule has 0 aliphatic rings. The van der Waals surface area contributed by atoms with E-state index in [2.05, 4.69) is 10.1 Å². The second-order valence-corrected chi connectivity index (χ2v) is 5.79. The molecule has 2 aromatic rings. The Morgan fingerprint density at radius 3 is 2.36 bits per heavy atom. The largest absolute Gasteiger partial charge is 0.493 e. The topological polar surface area (TPSA) is 50.8 Å². The standard InChI is InChI=1S/C18H17F5N2O3/c1-25(2)10-7-8-13(12(9-10)18(21,22)23)24-16(26)11-5-4-6-14(27-3)15(11)28-17(19)20/h4-9,17H,1-3H3,(H,24,26). The number of anilines is 2. The summed E-state index contributed by atoms with van der Waals surface area (Å²) < 4.78 is 74.8. The summed E-state index contributed by atoms with van der Waals surface area (Å²) in [5.74, 6) is -1.79. The highest BCUT2D eigenvalue weighted by Crippen LogP contribution is 2.38. The lowest BCUT2D eigenvalue weighted by atomic mass is 10.1. The van der Waals surface area contributed by atoms with E-state index in [1.54, 1.807) is 14.1 Å². The Balaban J connectivity index is 2.46. The minimum absolute atomic E-state index is 0.160. The number of carbonyl (C=O) groups is 1. The Bertz CT molecular complexity index is 854. The molecule has 2 rings (SSSR count). The molecule has 0 saturated heterocycles. The number of hydrogen-bond donors (Lipinski definition) is 1. The van der Waals surface area contributed by atoms with Crippen molar-refractivity contribution in [1.82, 2.24) is 0 Å². The van der Waals surface area contributed by atoms with Crippen LogP contribution in [0.1, 0.15) is 15.9 Å². The van der Waals surface area contributed by atoms with E-state index in [0.29, 0.717) is 0 Å². The van der Waals surface area contributed by atoms with Gasteiger partial charge in [0.2, 0.25) is 0 Å². The first-order valence-electron chi connectivity index (χ1n) is 7.86. The summed E-state index contributed by atoms with van der Waals surface area (Å²) in [6, 6.07) is 7.08. The third-order valence-corrected chi connectivity index (χ3v) is 3.72. The lowest BCUT2D eigenvalue weighted by Crippen LogP contribution is -2.19. The lowest BCUT2D eigenvalue weighted by Gasteiger charge is -2.19. The number of alkyl halides is 5. The third kappa shape index (κ3) is 4.81. The summed E-state index contributed by atoms with van der Waals surface area (Å²) in [5, 5.41) is 2.11. The first kappa shape index (κ1) is 21.3. The van der Waals surface area contributed by atoms with Crippen LogP contribution in [0.15, 0.2) is 36.4 Å². The smallest absolute Gasteiger partial charge is 0.418 e. The van der Waals surface area contributed by atoms with Gasteiger partial charge in [0, 0.05) is 19.8 Å². The number of ether oxygens (including phenoxy) is 2. The molecule has 1 amide bonds. The van der Waals surface area contributed by atoms with Crippen molar-refractivity contribution in [2.24, 2.45) is 0 Å². The van der Waals surface area contributed by atoms with E-state index in [4.69, 9.17) is 4.74 Å². The fourth-order valence-electron chi connectivity index (χ4n) is 2.41. The second-order valence-electron chi connectivity index (χ2n) is 5.79. The van der Waals surface area contributed by atoms with Crippen LogP contribution in [-0.2, 0) is 6.18 Å². The van der Waals surface area contributed by atoms with Crippen molar-refractivity contribution >= 4 is 17.3 Å². The van der Waals surface area contributed by atoms with E-state index < -0.39 is 41.3 Å². The van der Waals surface area contributed by atoms with Gasteiger partial charge in [-0.25, -0.2) is 0 Å². The minimum Gasteiger partial charge on any atom is -0.493 e. The van der Waals surface area contributed by atoms with Gasteiger partial charge in [0.25, 0.3) is 5.91 Å². The zero-order valence-corrected chi connectivity index (χ0v) is 15.1. The summed E-state index contributed by atoms with van der Waals surface area (Å²) in [6.45, 7) is -3.26. The first-order chi connectivity index (χ1) is 13.0. The molecular weight excluding hydrogens is 387 g/mol. The van der Waals surface area contributed by atoms with Gasteiger partial charge < -0.3 is 19.7 Å². The Hall–Kier alpha value is -3.04. The number of amides is 1. The molecule has 0 radical (unpaired) electrons. The molecule has 0 heterocycles. The van der Waals surface area contributed by atoms with Crippen LogP contribution in [0.4, 0.5) is 33.3 Å². The van der Waals surface area contributed by atoms with Gasteiger partial charge in [-0.1, -0.05) is 6.07 Å². The number of carbonyl (C=O) groups excluding carboxylic acids is 1. The van der Waals surface area contributed by atoms with Gasteiger partial charge in [0.05, 0.1) is 23.9 Å². The monoisotopic (exact) mass is 404 g/mol. The van der Waals surface area contributed by atoms with E-state index in [-0.39, 0.29) is 11.4 Å². The van der Waals surface area contributed by atoms with Crippen LogP contribution in [0, 0.1) is 0 Å². The number of nitrogens with zero attached hydrogens (tertiary/aromatic N) is 1. The molecule has 0 saturated carbocycles. The average molecular weight is 404 g/mol. The zero-order chi connectivity index (χ0) is 21.1. The van der Waals surface area contributed by atoms with Gasteiger partial charge in [-0.15, -0.1) is 0 Å². The van der Waals surface area contributed by atoms with Crippen molar-refractivity contribution in [1.29, 1.82) is 0 Å². The van der Waals surface area contributed by atoms with E-state index >= 15 is 0 Å². The molecule has 0 fully saturated rings. The molecule has 152 valence electrons. The highest BCUT2D eigenvalue weighted by atomic mass is 19.4. The van der Waals surface area contributed by atoms with Crippen LogP contribution in [0.2, 0.25) is 0 Å². The van der Waals surface area contributed by atoms with E-state index in [9.17, 15) is 26.7 Å². The molecule has 0 atom stereocenters. The summed E-state index contributed by atoms with van der Waals surface area (Å²) >= 11 is 0. The van der Waals surface area contributed by atoms with Crippen LogP contribution < -0.4 is 19.7 Å². The predicted octanol–water partition coefficient (Wildman–Crippen LogP) is 4.63. The number of rotatable bonds is 6. The summed E-state index contributed by atoms with van der Waals surface area (Å²) in [6.07, 6.45) is -4.74. The van der Waals surface area contributed by atoms with Gasteiger partial charge in [0.1, 0.15) is 0 Å². The minimum atomic E-state index is -4.74. The average Bonchev–Trinajstić information content (AvgIpc) is 2.60. The lowest BCUT2D eigenvalue weighted by molar-refractivity contribution is -0.136. The quantitative estimate of drug-likeness (QED) is 0.713. The van der Waals surface area contributed by atoms with Crippen molar-refractivity contribution in [3.63, 3.8) is 0 Å². The third-order valence-electron chi connectivity index (χ3n) is 3.72. The highest BCUT2D eigenvalue weighted by Gasteiger charge is 2.35. The van der Waals surface area contributed by atoms with Gasteiger partial charge in [-0.05, 0) is 30.3 Å². The van der Waals surface area contributed by atoms with Crippen LogP contribution in [0.3, 0.4) is 0 Å². The van der Waals surface area contributed by atoms with Gasteiger partial charge >= 0.3 is 12.8 Å². The Morgan fingerprint density at radius 2 is 1.82 bits per heavy atom. The molecule has 0 aromatic heterocycles. The highest BCUT2D eigenvalue weighted by molar-refractivity contribution is 6.07. The molecule has 1 N–H and O–H groups in total. The number of methoxy groups -OCH3 is 1. The summed E-state index contributed by atoms with van der Waals surface area (Å²) in [5.41, 5.74) is -1.72. The van der Waals surface area contributed by atoms with Crippen molar-refractivity contribution < 1.29 is 36.2 Å². The zero-order valence-electron chi connectivity index (χ0n) is 15.1. The molecule has 2 aromatic carbocycles. The molecule has 5 nitrogen and oxygen atoms in total. The molecule has 0 spiro atoms. The molecule has 28 heavy (non-hydrogen) atoms. The van der Waals surface area contributed by atoms with Crippen molar-refractivity contribution in [2.75, 3.05) is 31.4 Å². The van der Waals surface area contributed by atoms with Crippen molar-refractivity contribution in [2.45, 2.75) is 12.8 Å². The fourth-order valence-corrected chi connectivity index (χ4v) is 2.41. The van der Waals surface area contributed by atoms with Gasteiger partial charge in [-0.2, -0.15) is 22.0 Å². The van der Waals surface area contributed by atoms with Crippen molar-refractivity contribution in [3.05, 3.63) is 47.5 Å². The molecule has 0 aliphatic carbocycles. The maximum Gasteiger partial charge on any atom is 0.418 e. The molecular formula is C18H17F5N2O3. The van der Waals surface area contributed by atoms with Crippen LogP contribution in [0.5, 0.6) is 11.5 Å².